The molecule has 100 valence electrons. The number of rotatable bonds is 4. The first-order valence-electron chi connectivity index (χ1n) is 5.65. The Morgan fingerprint density at radius 1 is 1.37 bits per heavy atom. The standard InChI is InChI=1S/C11H10BrN3O3S/c12-8-4-6-18-10(8)19(16,17)15-11-13-5-3-9(14-11)7-1-2-7/h3-7H,1-2H2,(H,13,14,15). The van der Waals surface area contributed by atoms with Gasteiger partial charge in [-0.2, -0.15) is 8.42 Å². The molecule has 2 aromatic rings. The van der Waals surface area contributed by atoms with Gasteiger partial charge in [0, 0.05) is 17.8 Å². The molecule has 0 aromatic carbocycles. The van der Waals surface area contributed by atoms with Gasteiger partial charge in [-0.15, -0.1) is 0 Å². The van der Waals surface area contributed by atoms with Crippen LogP contribution in [0.25, 0.3) is 0 Å². The van der Waals surface area contributed by atoms with Gasteiger partial charge in [0.2, 0.25) is 5.95 Å². The fraction of sp³-hybridized carbons (Fsp3) is 0.273. The number of nitrogens with zero attached hydrogens (tertiary/aromatic N) is 2. The SMILES string of the molecule is O=S(=O)(Nc1nccc(C2CC2)n1)c1occc1Br. The van der Waals surface area contributed by atoms with Gasteiger partial charge >= 0.3 is 0 Å². The van der Waals surface area contributed by atoms with E-state index in [2.05, 4.69) is 30.6 Å². The molecule has 1 N–H and O–H groups in total. The van der Waals surface area contributed by atoms with Crippen molar-refractivity contribution in [3.05, 3.63) is 34.8 Å². The summed E-state index contributed by atoms with van der Waals surface area (Å²) in [5, 5.41) is -0.187. The molecule has 0 bridgehead atoms. The number of nitrogens with one attached hydrogen (secondary N) is 1. The molecular weight excluding hydrogens is 334 g/mol. The predicted octanol–water partition coefficient (Wildman–Crippen LogP) is 2.51. The summed E-state index contributed by atoms with van der Waals surface area (Å²) >= 11 is 3.11. The van der Waals surface area contributed by atoms with E-state index < -0.39 is 10.0 Å². The summed E-state index contributed by atoms with van der Waals surface area (Å²) < 4.78 is 31.7. The number of sulfonamides is 1. The predicted molar refractivity (Wildman–Crippen MR) is 71.2 cm³/mol. The van der Waals surface area contributed by atoms with Crippen molar-refractivity contribution in [1.29, 1.82) is 0 Å². The molecule has 0 atom stereocenters. The minimum absolute atomic E-state index is 0.0627. The van der Waals surface area contributed by atoms with Gasteiger partial charge in [-0.25, -0.2) is 14.7 Å². The van der Waals surface area contributed by atoms with E-state index in [1.807, 2.05) is 0 Å². The van der Waals surface area contributed by atoms with E-state index in [0.29, 0.717) is 10.4 Å². The molecule has 1 aliphatic rings. The third-order valence-corrected chi connectivity index (χ3v) is 4.87. The van der Waals surface area contributed by atoms with Crippen molar-refractivity contribution in [2.24, 2.45) is 0 Å². The van der Waals surface area contributed by atoms with E-state index in [4.69, 9.17) is 4.42 Å². The molecule has 6 nitrogen and oxygen atoms in total. The summed E-state index contributed by atoms with van der Waals surface area (Å²) in [7, 11) is -3.81. The van der Waals surface area contributed by atoms with Gasteiger partial charge in [-0.1, -0.05) is 0 Å². The van der Waals surface area contributed by atoms with Gasteiger partial charge < -0.3 is 4.42 Å². The summed E-state index contributed by atoms with van der Waals surface area (Å²) in [4.78, 5) is 8.12. The van der Waals surface area contributed by atoms with Crippen molar-refractivity contribution in [3.63, 3.8) is 0 Å². The Morgan fingerprint density at radius 2 is 2.16 bits per heavy atom. The molecule has 0 amide bonds. The van der Waals surface area contributed by atoms with Crippen LogP contribution in [0.2, 0.25) is 0 Å². The van der Waals surface area contributed by atoms with Gasteiger partial charge in [0.05, 0.1) is 10.7 Å². The maximum absolute atomic E-state index is 12.1. The third-order valence-electron chi connectivity index (χ3n) is 2.73. The summed E-state index contributed by atoms with van der Waals surface area (Å²) in [6.45, 7) is 0. The van der Waals surface area contributed by atoms with Gasteiger partial charge in [0.1, 0.15) is 0 Å². The molecule has 0 spiro atoms. The molecule has 0 aliphatic heterocycles. The summed E-state index contributed by atoms with van der Waals surface area (Å²) in [5.74, 6) is 0.495. The minimum atomic E-state index is -3.81. The Kier molecular flexibility index (Phi) is 3.06. The van der Waals surface area contributed by atoms with Crippen LogP contribution in [-0.4, -0.2) is 18.4 Å². The highest BCUT2D eigenvalue weighted by Gasteiger charge is 2.27. The van der Waals surface area contributed by atoms with Crippen LogP contribution in [0.4, 0.5) is 5.95 Å². The fourth-order valence-electron chi connectivity index (χ4n) is 1.67. The lowest BCUT2D eigenvalue weighted by Crippen LogP contribution is -2.15. The Labute approximate surface area is 118 Å². The van der Waals surface area contributed by atoms with Crippen molar-refractivity contribution < 1.29 is 12.8 Å². The zero-order chi connectivity index (χ0) is 13.5. The van der Waals surface area contributed by atoms with Crippen LogP contribution < -0.4 is 4.72 Å². The van der Waals surface area contributed by atoms with E-state index in [-0.39, 0.29) is 11.0 Å². The molecule has 1 aliphatic carbocycles. The van der Waals surface area contributed by atoms with E-state index in [9.17, 15) is 8.42 Å². The van der Waals surface area contributed by atoms with E-state index in [0.717, 1.165) is 18.5 Å². The van der Waals surface area contributed by atoms with Crippen molar-refractivity contribution >= 4 is 31.9 Å². The highest BCUT2D eigenvalue weighted by molar-refractivity contribution is 9.10. The van der Waals surface area contributed by atoms with Gasteiger partial charge in [0.15, 0.2) is 0 Å². The normalized spacial score (nSPS) is 15.4. The number of aromatic nitrogens is 2. The van der Waals surface area contributed by atoms with E-state index in [1.165, 1.54) is 12.3 Å². The fourth-order valence-corrected chi connectivity index (χ4v) is 3.45. The molecule has 2 aromatic heterocycles. The van der Waals surface area contributed by atoms with Crippen LogP contribution in [0.3, 0.4) is 0 Å². The number of anilines is 1. The molecule has 19 heavy (non-hydrogen) atoms. The maximum atomic E-state index is 12.1. The zero-order valence-electron chi connectivity index (χ0n) is 9.71. The lowest BCUT2D eigenvalue weighted by atomic mass is 10.3. The van der Waals surface area contributed by atoms with Gasteiger partial charge in [0.25, 0.3) is 15.1 Å². The van der Waals surface area contributed by atoms with Crippen molar-refractivity contribution in [2.75, 3.05) is 4.72 Å². The van der Waals surface area contributed by atoms with E-state index >= 15 is 0 Å². The molecule has 8 heteroatoms. The van der Waals surface area contributed by atoms with Crippen LogP contribution >= 0.6 is 15.9 Å². The zero-order valence-corrected chi connectivity index (χ0v) is 12.1. The lowest BCUT2D eigenvalue weighted by molar-refractivity contribution is 0.448. The van der Waals surface area contributed by atoms with Gasteiger partial charge in [-0.05, 0) is 40.9 Å². The quantitative estimate of drug-likeness (QED) is 0.921. The summed E-state index contributed by atoms with van der Waals surface area (Å²) in [6, 6.07) is 3.31. The lowest BCUT2D eigenvalue weighted by Gasteiger charge is -2.05. The number of hydrogen-bond donors (Lipinski definition) is 1. The first kappa shape index (κ1) is 12.6. The second-order valence-corrected chi connectivity index (χ2v) is 6.68. The molecule has 3 rings (SSSR count). The van der Waals surface area contributed by atoms with Crippen LogP contribution in [0.1, 0.15) is 24.5 Å². The monoisotopic (exact) mass is 343 g/mol. The topological polar surface area (TPSA) is 85.1 Å². The molecule has 2 heterocycles. The molecule has 0 unspecified atom stereocenters. The highest BCUT2D eigenvalue weighted by atomic mass is 79.9. The van der Waals surface area contributed by atoms with Crippen molar-refractivity contribution in [1.82, 2.24) is 9.97 Å². The first-order chi connectivity index (χ1) is 9.06. The second kappa shape index (κ2) is 4.61. The Hall–Kier alpha value is -1.41. The van der Waals surface area contributed by atoms with E-state index in [1.54, 1.807) is 12.3 Å². The maximum Gasteiger partial charge on any atom is 0.298 e. The Bertz CT molecular complexity index is 709. The molecular formula is C11H10BrN3O3S. The van der Waals surface area contributed by atoms with Crippen molar-refractivity contribution in [3.8, 4) is 0 Å². The number of halogens is 1. The molecule has 1 fully saturated rings. The highest BCUT2D eigenvalue weighted by Crippen LogP contribution is 2.39. The Morgan fingerprint density at radius 3 is 2.79 bits per heavy atom. The smallest absolute Gasteiger partial charge is 0.298 e. The van der Waals surface area contributed by atoms with Crippen LogP contribution in [0.15, 0.2) is 38.6 Å². The van der Waals surface area contributed by atoms with Crippen molar-refractivity contribution in [2.45, 2.75) is 23.9 Å². The summed E-state index contributed by atoms with van der Waals surface area (Å²) in [5.41, 5.74) is 0.867. The molecule has 1 saturated carbocycles. The first-order valence-corrected chi connectivity index (χ1v) is 7.92. The molecule has 0 saturated heterocycles. The average Bonchev–Trinajstić information content (AvgIpc) is 3.11. The molecule has 0 radical (unpaired) electrons. The van der Waals surface area contributed by atoms with Crippen LogP contribution in [0.5, 0.6) is 0 Å². The van der Waals surface area contributed by atoms with Gasteiger partial charge in [-0.3, -0.25) is 0 Å². The second-order valence-electron chi connectivity index (χ2n) is 4.24. The minimum Gasteiger partial charge on any atom is -0.450 e. The number of hydrogen-bond acceptors (Lipinski definition) is 5. The third kappa shape index (κ3) is 2.64. The average molecular weight is 344 g/mol. The van der Waals surface area contributed by atoms with Crippen LogP contribution in [-0.2, 0) is 10.0 Å². The largest absolute Gasteiger partial charge is 0.450 e. The van der Waals surface area contributed by atoms with Crippen LogP contribution in [0, 0.1) is 0 Å². The summed E-state index contributed by atoms with van der Waals surface area (Å²) in [6.07, 6.45) is 5.02. The number of furan rings is 1. The Balaban J connectivity index is 1.88.